The molecule has 0 N–H and O–H groups in total. The second-order valence-electron chi connectivity index (χ2n) is 5.67. The number of ketones is 1. The van der Waals surface area contributed by atoms with Gasteiger partial charge in [0.25, 0.3) is 0 Å². The van der Waals surface area contributed by atoms with Crippen LogP contribution in [0.1, 0.15) is 15.9 Å². The van der Waals surface area contributed by atoms with E-state index in [4.69, 9.17) is 35.3 Å². The first kappa shape index (κ1) is 17.2. The third-order valence-corrected chi connectivity index (χ3v) is 4.18. The zero-order chi connectivity index (χ0) is 18.8. The van der Waals surface area contributed by atoms with Gasteiger partial charge in [0.1, 0.15) is 0 Å². The van der Waals surface area contributed by atoms with Crippen molar-refractivity contribution in [2.45, 2.75) is 0 Å². The highest BCUT2D eigenvalue weighted by Crippen LogP contribution is 2.40. The number of Topliss-reactive ketones (excluding diaryl/α,β-unsaturated/α-hetero) is 1. The van der Waals surface area contributed by atoms with Crippen molar-refractivity contribution in [2.24, 2.45) is 0 Å². The Kier molecular flexibility index (Phi) is 4.60. The molecule has 0 atom stereocenters. The van der Waals surface area contributed by atoms with Crippen molar-refractivity contribution in [1.82, 2.24) is 0 Å². The Hall–Kier alpha value is -3.19. The van der Waals surface area contributed by atoms with Gasteiger partial charge in [-0.15, -0.1) is 0 Å². The number of hydrogen-bond donors (Lipinski definition) is 0. The average Bonchev–Trinajstić information content (AvgIpc) is 3.32. The molecule has 0 aromatic heterocycles. The average molecular weight is 389 g/mol. The molecule has 0 unspecified atom stereocenters. The van der Waals surface area contributed by atoms with Crippen LogP contribution in [0.25, 0.3) is 6.08 Å². The number of hydrogen-bond acceptors (Lipinski definition) is 7. The number of ether oxygens (including phenoxy) is 5. The molecule has 2 aromatic rings. The minimum absolute atomic E-state index is 0.103. The summed E-state index contributed by atoms with van der Waals surface area (Å²) in [5.74, 6) is 1.05. The van der Waals surface area contributed by atoms with Crippen LogP contribution in [0.15, 0.2) is 36.4 Å². The molecular formula is C19H13ClO7. The van der Waals surface area contributed by atoms with Crippen LogP contribution in [0.2, 0.25) is 5.02 Å². The Morgan fingerprint density at radius 2 is 1.78 bits per heavy atom. The van der Waals surface area contributed by atoms with Crippen LogP contribution in [-0.4, -0.2) is 31.9 Å². The Morgan fingerprint density at radius 1 is 1.00 bits per heavy atom. The molecule has 7 nitrogen and oxygen atoms in total. The fraction of sp³-hybridized carbons (Fsp3) is 0.158. The van der Waals surface area contributed by atoms with Gasteiger partial charge >= 0.3 is 5.97 Å². The Balaban J connectivity index is 1.35. The van der Waals surface area contributed by atoms with E-state index >= 15 is 0 Å². The second-order valence-corrected chi connectivity index (χ2v) is 6.08. The van der Waals surface area contributed by atoms with Crippen LogP contribution in [0.4, 0.5) is 0 Å². The number of esters is 1. The van der Waals surface area contributed by atoms with Gasteiger partial charge in [0.05, 0.1) is 5.02 Å². The first-order valence-corrected chi connectivity index (χ1v) is 8.35. The molecule has 27 heavy (non-hydrogen) atoms. The summed E-state index contributed by atoms with van der Waals surface area (Å²) >= 11 is 6.08. The van der Waals surface area contributed by atoms with Crippen LogP contribution >= 0.6 is 11.6 Å². The molecule has 8 heteroatoms. The summed E-state index contributed by atoms with van der Waals surface area (Å²) in [6, 6.07) is 8.12. The SMILES string of the molecule is O=C(/C=C/c1cc(Cl)c2c(c1)OCO2)OCC(=O)c1ccc2c(c1)OCO2. The normalized spacial score (nSPS) is 13.8. The first-order valence-electron chi connectivity index (χ1n) is 7.97. The van der Waals surface area contributed by atoms with Crippen LogP contribution in [0.5, 0.6) is 23.0 Å². The topological polar surface area (TPSA) is 80.3 Å². The predicted octanol–water partition coefficient (Wildman–Crippen LogP) is 3.24. The minimum Gasteiger partial charge on any atom is -0.454 e. The van der Waals surface area contributed by atoms with E-state index in [1.807, 2.05) is 0 Å². The highest BCUT2D eigenvalue weighted by Gasteiger charge is 2.18. The lowest BCUT2D eigenvalue weighted by atomic mass is 10.1. The van der Waals surface area contributed by atoms with E-state index in [1.165, 1.54) is 12.2 Å². The van der Waals surface area contributed by atoms with E-state index in [9.17, 15) is 9.59 Å². The molecule has 138 valence electrons. The van der Waals surface area contributed by atoms with E-state index in [0.717, 1.165) is 0 Å². The fourth-order valence-corrected chi connectivity index (χ4v) is 2.86. The molecule has 0 radical (unpaired) electrons. The zero-order valence-corrected chi connectivity index (χ0v) is 14.7. The third kappa shape index (κ3) is 3.68. The quantitative estimate of drug-likeness (QED) is 0.442. The van der Waals surface area contributed by atoms with Gasteiger partial charge in [0, 0.05) is 11.6 Å². The molecule has 0 saturated carbocycles. The van der Waals surface area contributed by atoms with Crippen LogP contribution in [-0.2, 0) is 9.53 Å². The van der Waals surface area contributed by atoms with Crippen molar-refractivity contribution in [1.29, 1.82) is 0 Å². The molecular weight excluding hydrogens is 376 g/mol. The second kappa shape index (κ2) is 7.20. The molecule has 2 heterocycles. The maximum absolute atomic E-state index is 12.2. The van der Waals surface area contributed by atoms with Gasteiger partial charge in [-0.1, -0.05) is 11.6 Å². The molecule has 0 spiro atoms. The molecule has 0 bridgehead atoms. The van der Waals surface area contributed by atoms with Crippen LogP contribution < -0.4 is 18.9 Å². The van der Waals surface area contributed by atoms with Gasteiger partial charge in [-0.25, -0.2) is 4.79 Å². The van der Waals surface area contributed by atoms with Gasteiger partial charge in [0.2, 0.25) is 13.6 Å². The highest BCUT2D eigenvalue weighted by molar-refractivity contribution is 6.32. The van der Waals surface area contributed by atoms with Crippen molar-refractivity contribution < 1.29 is 33.3 Å². The summed E-state index contributed by atoms with van der Waals surface area (Å²) in [7, 11) is 0. The lowest BCUT2D eigenvalue weighted by Gasteiger charge is -2.04. The summed E-state index contributed by atoms with van der Waals surface area (Å²) in [5, 5.41) is 0.385. The standard InChI is InChI=1S/C19H13ClO7/c20-13-5-11(6-17-19(13)27-10-26-17)1-4-18(22)23-8-14(21)12-2-3-15-16(7-12)25-9-24-15/h1-7H,8-10H2/b4-1+. The molecule has 2 aromatic carbocycles. The van der Waals surface area contributed by atoms with E-state index < -0.39 is 5.97 Å². The smallest absolute Gasteiger partial charge is 0.331 e. The molecule has 2 aliphatic rings. The number of rotatable bonds is 5. The molecule has 0 aliphatic carbocycles. The van der Waals surface area contributed by atoms with Gasteiger partial charge < -0.3 is 23.7 Å². The number of benzene rings is 2. The van der Waals surface area contributed by atoms with E-state index in [2.05, 4.69) is 0 Å². The number of halogens is 1. The summed E-state index contributed by atoms with van der Waals surface area (Å²) in [6.07, 6.45) is 2.72. The largest absolute Gasteiger partial charge is 0.454 e. The lowest BCUT2D eigenvalue weighted by molar-refractivity contribution is -0.136. The number of fused-ring (bicyclic) bond motifs is 2. The van der Waals surface area contributed by atoms with Gasteiger partial charge in [-0.3, -0.25) is 4.79 Å². The summed E-state index contributed by atoms with van der Waals surface area (Å²) < 4.78 is 25.9. The molecule has 2 aliphatic heterocycles. The van der Waals surface area contributed by atoms with Crippen LogP contribution in [0, 0.1) is 0 Å². The van der Waals surface area contributed by atoms with Crippen molar-refractivity contribution >= 4 is 29.4 Å². The third-order valence-electron chi connectivity index (χ3n) is 3.90. The maximum Gasteiger partial charge on any atom is 0.331 e. The van der Waals surface area contributed by atoms with Crippen molar-refractivity contribution in [3.05, 3.63) is 52.6 Å². The summed E-state index contributed by atoms with van der Waals surface area (Å²) in [5.41, 5.74) is 1.02. The first-order chi connectivity index (χ1) is 13.1. The Bertz CT molecular complexity index is 951. The predicted molar refractivity (Wildman–Crippen MR) is 94.5 cm³/mol. The fourth-order valence-electron chi connectivity index (χ4n) is 2.59. The Labute approximate surface area is 159 Å². The monoisotopic (exact) mass is 388 g/mol. The lowest BCUT2D eigenvalue weighted by Crippen LogP contribution is -2.12. The van der Waals surface area contributed by atoms with Crippen molar-refractivity contribution in [2.75, 3.05) is 20.2 Å². The molecule has 0 amide bonds. The number of carbonyl (C=O) groups excluding carboxylic acids is 2. The number of carbonyl (C=O) groups is 2. The van der Waals surface area contributed by atoms with E-state index in [1.54, 1.807) is 30.3 Å². The minimum atomic E-state index is -0.655. The maximum atomic E-state index is 12.2. The molecule has 0 fully saturated rings. The van der Waals surface area contributed by atoms with Gasteiger partial charge in [-0.2, -0.15) is 0 Å². The van der Waals surface area contributed by atoms with Gasteiger partial charge in [-0.05, 0) is 42.0 Å². The van der Waals surface area contributed by atoms with Crippen LogP contribution in [0.3, 0.4) is 0 Å². The Morgan fingerprint density at radius 3 is 2.67 bits per heavy atom. The van der Waals surface area contributed by atoms with E-state index in [0.29, 0.717) is 39.1 Å². The van der Waals surface area contributed by atoms with E-state index in [-0.39, 0.29) is 26.0 Å². The molecule has 4 rings (SSSR count). The summed E-state index contributed by atoms with van der Waals surface area (Å²) in [4.78, 5) is 24.0. The highest BCUT2D eigenvalue weighted by atomic mass is 35.5. The van der Waals surface area contributed by atoms with Crippen molar-refractivity contribution in [3.63, 3.8) is 0 Å². The van der Waals surface area contributed by atoms with Gasteiger partial charge in [0.15, 0.2) is 35.4 Å². The van der Waals surface area contributed by atoms with Crippen molar-refractivity contribution in [3.8, 4) is 23.0 Å². The molecule has 0 saturated heterocycles. The summed E-state index contributed by atoms with van der Waals surface area (Å²) in [6.45, 7) is -0.159. The zero-order valence-electron chi connectivity index (χ0n) is 13.9.